The van der Waals surface area contributed by atoms with Gasteiger partial charge in [-0.05, 0) is 60.7 Å². The molecule has 0 atom stereocenters. The first-order valence-electron chi connectivity index (χ1n) is 9.57. The molecule has 31 heavy (non-hydrogen) atoms. The van der Waals surface area contributed by atoms with E-state index in [9.17, 15) is 18.0 Å². The van der Waals surface area contributed by atoms with Gasteiger partial charge in [-0.2, -0.15) is 0 Å². The summed E-state index contributed by atoms with van der Waals surface area (Å²) in [5.41, 5.74) is 2.70. The summed E-state index contributed by atoms with van der Waals surface area (Å²) in [4.78, 5) is 24.6. The zero-order chi connectivity index (χ0) is 22.4. The predicted molar refractivity (Wildman–Crippen MR) is 123 cm³/mol. The molecule has 0 spiro atoms. The molecule has 7 nitrogen and oxygen atoms in total. The Bertz CT molecular complexity index is 1150. The third-order valence-electron chi connectivity index (χ3n) is 4.55. The van der Waals surface area contributed by atoms with Crippen LogP contribution in [0, 0.1) is 13.8 Å². The summed E-state index contributed by atoms with van der Waals surface area (Å²) in [5, 5.41) is 7.19. The Morgan fingerprint density at radius 1 is 0.935 bits per heavy atom. The molecule has 0 aliphatic carbocycles. The zero-order valence-electron chi connectivity index (χ0n) is 17.1. The van der Waals surface area contributed by atoms with Crippen LogP contribution >= 0.6 is 11.3 Å². The maximum Gasteiger partial charge on any atom is 0.261 e. The number of aryl methyl sites for hydroxylation is 2. The molecule has 2 aromatic carbocycles. The van der Waals surface area contributed by atoms with Crippen LogP contribution in [0.4, 0.5) is 11.4 Å². The van der Waals surface area contributed by atoms with Gasteiger partial charge in [-0.3, -0.25) is 14.3 Å². The van der Waals surface area contributed by atoms with Crippen LogP contribution in [0.3, 0.4) is 0 Å². The van der Waals surface area contributed by atoms with Gasteiger partial charge in [-0.1, -0.05) is 24.3 Å². The van der Waals surface area contributed by atoms with E-state index in [0.29, 0.717) is 16.3 Å². The Morgan fingerprint density at radius 3 is 2.23 bits per heavy atom. The van der Waals surface area contributed by atoms with E-state index in [4.69, 9.17) is 0 Å². The van der Waals surface area contributed by atoms with E-state index in [-0.39, 0.29) is 29.7 Å². The molecule has 3 aromatic rings. The van der Waals surface area contributed by atoms with Crippen molar-refractivity contribution in [3.05, 3.63) is 76.0 Å². The lowest BCUT2D eigenvalue weighted by atomic mass is 10.1. The van der Waals surface area contributed by atoms with Crippen LogP contribution in [0.25, 0.3) is 0 Å². The van der Waals surface area contributed by atoms with Crippen molar-refractivity contribution in [1.82, 2.24) is 5.32 Å². The van der Waals surface area contributed by atoms with Crippen LogP contribution in [0.5, 0.6) is 0 Å². The van der Waals surface area contributed by atoms with E-state index in [2.05, 4.69) is 15.4 Å². The minimum atomic E-state index is -3.76. The minimum Gasteiger partial charge on any atom is -0.351 e. The molecule has 0 aliphatic heterocycles. The lowest BCUT2D eigenvalue weighted by molar-refractivity contribution is -0.116. The Morgan fingerprint density at radius 2 is 1.61 bits per heavy atom. The number of benzene rings is 2. The molecule has 0 bridgehead atoms. The smallest absolute Gasteiger partial charge is 0.261 e. The number of rotatable bonds is 8. The molecular formula is C22H23N3O4S2. The summed E-state index contributed by atoms with van der Waals surface area (Å²) >= 11 is 1.33. The van der Waals surface area contributed by atoms with Gasteiger partial charge in [-0.25, -0.2) is 8.42 Å². The van der Waals surface area contributed by atoms with Crippen molar-refractivity contribution in [2.75, 3.05) is 16.6 Å². The van der Waals surface area contributed by atoms with Gasteiger partial charge in [0.1, 0.15) is 0 Å². The Labute approximate surface area is 185 Å². The van der Waals surface area contributed by atoms with Crippen molar-refractivity contribution >= 4 is 44.5 Å². The van der Waals surface area contributed by atoms with Crippen molar-refractivity contribution < 1.29 is 18.0 Å². The normalized spacial score (nSPS) is 11.0. The standard InChI is InChI=1S/C22H23N3O4S2/c1-15-5-3-6-16(2)21(15)25-31(28,29)18-10-8-17(9-11-18)24-20(26)12-13-23-22(27)19-7-4-14-30-19/h3-11,14,25H,12-13H2,1-2H3,(H,23,27)(H,24,26). The van der Waals surface area contributed by atoms with E-state index in [1.807, 2.05) is 37.4 Å². The zero-order valence-corrected chi connectivity index (χ0v) is 18.8. The highest BCUT2D eigenvalue weighted by Crippen LogP contribution is 2.24. The molecule has 0 fully saturated rings. The fourth-order valence-electron chi connectivity index (χ4n) is 2.89. The van der Waals surface area contributed by atoms with Crippen LogP contribution < -0.4 is 15.4 Å². The predicted octanol–water partition coefficient (Wildman–Crippen LogP) is 3.92. The van der Waals surface area contributed by atoms with Crippen molar-refractivity contribution in [3.8, 4) is 0 Å². The van der Waals surface area contributed by atoms with Crippen LogP contribution in [-0.2, 0) is 14.8 Å². The van der Waals surface area contributed by atoms with Gasteiger partial charge >= 0.3 is 0 Å². The molecule has 0 aliphatic rings. The number of amides is 2. The van der Waals surface area contributed by atoms with E-state index in [1.54, 1.807) is 12.1 Å². The van der Waals surface area contributed by atoms with Crippen LogP contribution in [0.1, 0.15) is 27.2 Å². The molecular weight excluding hydrogens is 434 g/mol. The molecule has 0 radical (unpaired) electrons. The number of nitrogens with one attached hydrogen (secondary N) is 3. The quantitative estimate of drug-likeness (QED) is 0.477. The Hall–Kier alpha value is -3.17. The van der Waals surface area contributed by atoms with E-state index in [1.165, 1.54) is 35.6 Å². The molecule has 0 saturated carbocycles. The van der Waals surface area contributed by atoms with Gasteiger partial charge in [0.15, 0.2) is 0 Å². The number of sulfonamides is 1. The second-order valence-electron chi connectivity index (χ2n) is 6.93. The summed E-state index contributed by atoms with van der Waals surface area (Å²) < 4.78 is 28.0. The number of para-hydroxylation sites is 1. The molecule has 0 unspecified atom stereocenters. The number of anilines is 2. The molecule has 3 N–H and O–H groups in total. The van der Waals surface area contributed by atoms with Gasteiger partial charge in [0.2, 0.25) is 5.91 Å². The van der Waals surface area contributed by atoms with Gasteiger partial charge in [0, 0.05) is 18.7 Å². The molecule has 1 heterocycles. The number of hydrogen-bond acceptors (Lipinski definition) is 5. The number of thiophene rings is 1. The summed E-state index contributed by atoms with van der Waals surface area (Å²) in [6.45, 7) is 3.88. The Balaban J connectivity index is 1.55. The fourth-order valence-corrected chi connectivity index (χ4v) is 4.74. The highest BCUT2D eigenvalue weighted by Gasteiger charge is 2.16. The van der Waals surface area contributed by atoms with E-state index < -0.39 is 10.0 Å². The highest BCUT2D eigenvalue weighted by molar-refractivity contribution is 7.92. The summed E-state index contributed by atoms with van der Waals surface area (Å²) in [6, 6.07) is 15.0. The average molecular weight is 458 g/mol. The first-order chi connectivity index (χ1) is 14.8. The lowest BCUT2D eigenvalue weighted by Crippen LogP contribution is -2.27. The summed E-state index contributed by atoms with van der Waals surface area (Å²) in [6.07, 6.45) is 0.102. The van der Waals surface area contributed by atoms with Crippen LogP contribution in [0.15, 0.2) is 64.9 Å². The molecule has 162 valence electrons. The molecule has 0 saturated heterocycles. The Kier molecular flexibility index (Phi) is 7.09. The van der Waals surface area contributed by atoms with Crippen molar-refractivity contribution in [2.45, 2.75) is 25.2 Å². The largest absolute Gasteiger partial charge is 0.351 e. The van der Waals surface area contributed by atoms with Gasteiger partial charge in [-0.15, -0.1) is 11.3 Å². The fraction of sp³-hybridized carbons (Fsp3) is 0.182. The number of carbonyl (C=O) groups is 2. The van der Waals surface area contributed by atoms with E-state index in [0.717, 1.165) is 11.1 Å². The van der Waals surface area contributed by atoms with E-state index >= 15 is 0 Å². The second-order valence-corrected chi connectivity index (χ2v) is 9.56. The maximum atomic E-state index is 12.7. The molecule has 2 amide bonds. The van der Waals surface area contributed by atoms with Crippen LogP contribution in [0.2, 0.25) is 0 Å². The van der Waals surface area contributed by atoms with Gasteiger partial charge in [0.25, 0.3) is 15.9 Å². The van der Waals surface area contributed by atoms with Crippen molar-refractivity contribution in [2.24, 2.45) is 0 Å². The number of carbonyl (C=O) groups excluding carboxylic acids is 2. The van der Waals surface area contributed by atoms with Crippen LogP contribution in [-0.4, -0.2) is 26.8 Å². The molecule has 9 heteroatoms. The topological polar surface area (TPSA) is 104 Å². The van der Waals surface area contributed by atoms with Gasteiger partial charge < -0.3 is 10.6 Å². The molecule has 1 aromatic heterocycles. The summed E-state index contributed by atoms with van der Waals surface area (Å²) in [5.74, 6) is -0.496. The highest BCUT2D eigenvalue weighted by atomic mass is 32.2. The number of hydrogen-bond donors (Lipinski definition) is 3. The first kappa shape index (κ1) is 22.5. The third-order valence-corrected chi connectivity index (χ3v) is 6.78. The minimum absolute atomic E-state index is 0.0939. The first-order valence-corrected chi connectivity index (χ1v) is 11.9. The summed E-state index contributed by atoms with van der Waals surface area (Å²) in [7, 11) is -3.76. The maximum absolute atomic E-state index is 12.7. The van der Waals surface area contributed by atoms with Crippen molar-refractivity contribution in [1.29, 1.82) is 0 Å². The second kappa shape index (κ2) is 9.76. The van der Waals surface area contributed by atoms with Gasteiger partial charge in [0.05, 0.1) is 15.5 Å². The monoisotopic (exact) mass is 457 g/mol. The SMILES string of the molecule is Cc1cccc(C)c1NS(=O)(=O)c1ccc(NC(=O)CCNC(=O)c2cccs2)cc1. The lowest BCUT2D eigenvalue weighted by Gasteiger charge is -2.13. The van der Waals surface area contributed by atoms with Crippen molar-refractivity contribution in [3.63, 3.8) is 0 Å². The molecule has 3 rings (SSSR count). The third kappa shape index (κ3) is 5.93. The average Bonchev–Trinajstić information content (AvgIpc) is 3.26.